The van der Waals surface area contributed by atoms with Crippen LogP contribution >= 0.6 is 0 Å². The summed E-state index contributed by atoms with van der Waals surface area (Å²) in [6.07, 6.45) is 2.86. The van der Waals surface area contributed by atoms with Gasteiger partial charge in [-0.2, -0.15) is 0 Å². The van der Waals surface area contributed by atoms with Crippen LogP contribution in [0.4, 0.5) is 0 Å². The first-order chi connectivity index (χ1) is 5.60. The van der Waals surface area contributed by atoms with Gasteiger partial charge in [-0.1, -0.05) is 13.8 Å². The molecule has 12 heavy (non-hydrogen) atoms. The molecule has 0 unspecified atom stereocenters. The van der Waals surface area contributed by atoms with Gasteiger partial charge in [-0.05, 0) is 31.7 Å². The zero-order valence-corrected chi connectivity index (χ0v) is 7.89. The molecule has 0 bridgehead atoms. The minimum atomic E-state index is -0.366. The van der Waals surface area contributed by atoms with Gasteiger partial charge in [-0.25, -0.2) is 0 Å². The van der Waals surface area contributed by atoms with E-state index in [4.69, 9.17) is 5.73 Å². The second-order valence-electron chi connectivity index (χ2n) is 3.89. The van der Waals surface area contributed by atoms with Crippen LogP contribution in [0.3, 0.4) is 0 Å². The number of rotatable bonds is 4. The molecule has 0 aromatic carbocycles. The molecule has 1 saturated carbocycles. The lowest BCUT2D eigenvalue weighted by molar-refractivity contribution is -0.129. The van der Waals surface area contributed by atoms with Gasteiger partial charge in [0.05, 0.1) is 5.54 Å². The molecule has 0 spiro atoms. The highest BCUT2D eigenvalue weighted by Gasteiger charge is 2.46. The lowest BCUT2D eigenvalue weighted by Gasteiger charge is -2.44. The van der Waals surface area contributed by atoms with Crippen molar-refractivity contribution in [1.29, 1.82) is 0 Å². The van der Waals surface area contributed by atoms with Crippen LogP contribution in [0.15, 0.2) is 0 Å². The molecule has 0 aromatic rings. The first kappa shape index (κ1) is 9.52. The van der Waals surface area contributed by atoms with Gasteiger partial charge in [0.2, 0.25) is 5.91 Å². The summed E-state index contributed by atoms with van der Waals surface area (Å²) in [7, 11) is 0. The fourth-order valence-corrected chi connectivity index (χ4v) is 1.93. The highest BCUT2D eigenvalue weighted by molar-refractivity contribution is 5.85. The number of carbonyl (C=O) groups is 1. The van der Waals surface area contributed by atoms with E-state index < -0.39 is 0 Å². The lowest BCUT2D eigenvalue weighted by atomic mass is 9.68. The standard InChI is InChI=1S/C9H18N2O/c1-3-4-11-9(8(10)12)5-7(2)6-9/h7,11H,3-6H2,1-2H3,(H2,10,12). The van der Waals surface area contributed by atoms with Gasteiger partial charge < -0.3 is 11.1 Å². The van der Waals surface area contributed by atoms with Crippen LogP contribution in [0.1, 0.15) is 33.1 Å². The van der Waals surface area contributed by atoms with Gasteiger partial charge in [0.15, 0.2) is 0 Å². The Balaban J connectivity index is 2.45. The molecule has 0 aromatic heterocycles. The molecule has 1 aliphatic carbocycles. The van der Waals surface area contributed by atoms with E-state index in [-0.39, 0.29) is 11.4 Å². The predicted octanol–water partition coefficient (Wildman–Crippen LogP) is 0.640. The van der Waals surface area contributed by atoms with Crippen LogP contribution in [-0.2, 0) is 4.79 Å². The van der Waals surface area contributed by atoms with Gasteiger partial charge in [-0.15, -0.1) is 0 Å². The third-order valence-corrected chi connectivity index (χ3v) is 2.58. The summed E-state index contributed by atoms with van der Waals surface area (Å²) in [6, 6.07) is 0. The molecule has 1 rings (SSSR count). The number of carbonyl (C=O) groups excluding carboxylic acids is 1. The fraction of sp³-hybridized carbons (Fsp3) is 0.889. The van der Waals surface area contributed by atoms with Crippen LogP contribution in [0.2, 0.25) is 0 Å². The highest BCUT2D eigenvalue weighted by Crippen LogP contribution is 2.37. The van der Waals surface area contributed by atoms with Gasteiger partial charge in [0.1, 0.15) is 0 Å². The van der Waals surface area contributed by atoms with Crippen LogP contribution in [-0.4, -0.2) is 18.0 Å². The Morgan fingerprint density at radius 3 is 2.58 bits per heavy atom. The van der Waals surface area contributed by atoms with E-state index in [9.17, 15) is 4.79 Å². The summed E-state index contributed by atoms with van der Waals surface area (Å²) in [6.45, 7) is 5.12. The molecule has 0 aliphatic heterocycles. The average molecular weight is 170 g/mol. The first-order valence-corrected chi connectivity index (χ1v) is 4.65. The molecule has 3 N–H and O–H groups in total. The molecule has 3 heteroatoms. The Hall–Kier alpha value is -0.570. The molecular weight excluding hydrogens is 152 g/mol. The monoisotopic (exact) mass is 170 g/mol. The lowest BCUT2D eigenvalue weighted by Crippen LogP contribution is -2.62. The molecule has 0 atom stereocenters. The van der Waals surface area contributed by atoms with E-state index >= 15 is 0 Å². The molecule has 3 nitrogen and oxygen atoms in total. The molecule has 1 aliphatic rings. The average Bonchev–Trinajstić information content (AvgIpc) is 1.95. The predicted molar refractivity (Wildman–Crippen MR) is 48.6 cm³/mol. The van der Waals surface area contributed by atoms with Crippen molar-refractivity contribution in [2.45, 2.75) is 38.6 Å². The molecule has 0 radical (unpaired) electrons. The van der Waals surface area contributed by atoms with Crippen LogP contribution in [0.25, 0.3) is 0 Å². The smallest absolute Gasteiger partial charge is 0.237 e. The molecule has 1 amide bonds. The van der Waals surface area contributed by atoms with Crippen LogP contribution < -0.4 is 11.1 Å². The molecule has 70 valence electrons. The first-order valence-electron chi connectivity index (χ1n) is 4.65. The Morgan fingerprint density at radius 2 is 2.25 bits per heavy atom. The zero-order chi connectivity index (χ0) is 9.19. The maximum absolute atomic E-state index is 11.1. The molecule has 1 fully saturated rings. The van der Waals surface area contributed by atoms with E-state index in [2.05, 4.69) is 19.2 Å². The summed E-state index contributed by atoms with van der Waals surface area (Å²) < 4.78 is 0. The second kappa shape index (κ2) is 3.44. The van der Waals surface area contributed by atoms with Crippen molar-refractivity contribution in [3.8, 4) is 0 Å². The minimum absolute atomic E-state index is 0.186. The minimum Gasteiger partial charge on any atom is -0.368 e. The van der Waals surface area contributed by atoms with E-state index in [1.54, 1.807) is 0 Å². The quantitative estimate of drug-likeness (QED) is 0.650. The largest absolute Gasteiger partial charge is 0.368 e. The van der Waals surface area contributed by atoms with Gasteiger partial charge in [0.25, 0.3) is 0 Å². The second-order valence-corrected chi connectivity index (χ2v) is 3.89. The van der Waals surface area contributed by atoms with Crippen molar-refractivity contribution in [1.82, 2.24) is 5.32 Å². The van der Waals surface area contributed by atoms with Gasteiger partial charge in [0, 0.05) is 0 Å². The highest BCUT2D eigenvalue weighted by atomic mass is 16.1. The fourth-order valence-electron chi connectivity index (χ4n) is 1.93. The van der Waals surface area contributed by atoms with Crippen LogP contribution in [0.5, 0.6) is 0 Å². The Labute approximate surface area is 73.7 Å². The Morgan fingerprint density at radius 1 is 1.67 bits per heavy atom. The summed E-state index contributed by atoms with van der Waals surface area (Å²) in [5.41, 5.74) is 4.97. The number of hydrogen-bond donors (Lipinski definition) is 2. The van der Waals surface area contributed by atoms with Crippen molar-refractivity contribution in [2.24, 2.45) is 11.7 Å². The number of amides is 1. The summed E-state index contributed by atoms with van der Waals surface area (Å²) in [5, 5.41) is 3.24. The molecule has 0 saturated heterocycles. The van der Waals surface area contributed by atoms with Crippen molar-refractivity contribution >= 4 is 5.91 Å². The van der Waals surface area contributed by atoms with E-state index in [1.165, 1.54) is 0 Å². The number of hydrogen-bond acceptors (Lipinski definition) is 2. The summed E-state index contributed by atoms with van der Waals surface area (Å²) >= 11 is 0. The third kappa shape index (κ3) is 1.61. The van der Waals surface area contributed by atoms with Crippen molar-refractivity contribution in [2.75, 3.05) is 6.54 Å². The topological polar surface area (TPSA) is 55.1 Å². The van der Waals surface area contributed by atoms with E-state index in [1.807, 2.05) is 0 Å². The van der Waals surface area contributed by atoms with Crippen molar-refractivity contribution in [3.05, 3.63) is 0 Å². The Bertz CT molecular complexity index is 173. The molecular formula is C9H18N2O. The van der Waals surface area contributed by atoms with Crippen molar-refractivity contribution < 1.29 is 4.79 Å². The number of nitrogens with two attached hydrogens (primary N) is 1. The summed E-state index contributed by atoms with van der Waals surface area (Å²) in [5.74, 6) is 0.455. The maximum atomic E-state index is 11.1. The zero-order valence-electron chi connectivity index (χ0n) is 7.89. The molecule has 0 heterocycles. The number of primary amides is 1. The third-order valence-electron chi connectivity index (χ3n) is 2.58. The summed E-state index contributed by atoms with van der Waals surface area (Å²) in [4.78, 5) is 11.1. The SMILES string of the molecule is CCCNC1(C(N)=O)CC(C)C1. The normalized spacial score (nSPS) is 34.3. The van der Waals surface area contributed by atoms with Gasteiger partial charge in [-0.3, -0.25) is 4.79 Å². The Kier molecular flexibility index (Phi) is 2.73. The van der Waals surface area contributed by atoms with Crippen LogP contribution in [0, 0.1) is 5.92 Å². The maximum Gasteiger partial charge on any atom is 0.237 e. The van der Waals surface area contributed by atoms with E-state index in [0.717, 1.165) is 25.8 Å². The van der Waals surface area contributed by atoms with Crippen molar-refractivity contribution in [3.63, 3.8) is 0 Å². The van der Waals surface area contributed by atoms with Gasteiger partial charge >= 0.3 is 0 Å². The number of nitrogens with one attached hydrogen (secondary N) is 1. The van der Waals surface area contributed by atoms with E-state index in [0.29, 0.717) is 5.92 Å².